The number of carbonyl (C=O) groups is 1. The Balaban J connectivity index is 1.46. The number of nitrogens with zero attached hydrogens (tertiary/aromatic N) is 1. The molecule has 1 aromatic heterocycles. The molecule has 2 heterocycles. The number of ether oxygens (including phenoxy) is 1. The van der Waals surface area contributed by atoms with Crippen LogP contribution in [0.25, 0.3) is 10.9 Å². The number of hydrogen-bond acceptors (Lipinski definition) is 3. The molecule has 5 nitrogen and oxygen atoms in total. The summed E-state index contributed by atoms with van der Waals surface area (Å²) in [4.78, 5) is 17.3. The first kappa shape index (κ1) is 21.3. The van der Waals surface area contributed by atoms with Gasteiger partial charge in [-0.05, 0) is 74.7 Å². The molecule has 164 valence electrons. The first-order valence-electron chi connectivity index (χ1n) is 10.7. The van der Waals surface area contributed by atoms with Crippen molar-refractivity contribution in [2.45, 2.75) is 38.6 Å². The summed E-state index contributed by atoms with van der Waals surface area (Å²) in [5, 5.41) is 0.915. The van der Waals surface area contributed by atoms with Crippen LogP contribution >= 0.6 is 0 Å². The third kappa shape index (κ3) is 4.42. The van der Waals surface area contributed by atoms with Gasteiger partial charge in [-0.15, -0.1) is 0 Å². The van der Waals surface area contributed by atoms with E-state index in [4.69, 9.17) is 10.5 Å². The van der Waals surface area contributed by atoms with Crippen LogP contribution in [0.15, 0.2) is 36.5 Å². The van der Waals surface area contributed by atoms with Gasteiger partial charge in [-0.2, -0.15) is 0 Å². The molecule has 0 saturated heterocycles. The number of nitrogens with two attached hydrogens (primary N) is 1. The van der Waals surface area contributed by atoms with Crippen molar-refractivity contribution < 1.29 is 18.3 Å². The summed E-state index contributed by atoms with van der Waals surface area (Å²) in [6, 6.07) is 7.47. The second kappa shape index (κ2) is 9.06. The average Bonchev–Trinajstić information content (AvgIpc) is 3.15. The van der Waals surface area contributed by atoms with Gasteiger partial charge in [0.1, 0.15) is 12.4 Å². The molecule has 0 fully saturated rings. The predicted octanol–water partition coefficient (Wildman–Crippen LogP) is 4.19. The zero-order chi connectivity index (χ0) is 22.0. The minimum atomic E-state index is -0.575. The maximum absolute atomic E-state index is 14.2. The van der Waals surface area contributed by atoms with Gasteiger partial charge in [-0.1, -0.05) is 6.92 Å². The predicted molar refractivity (Wildman–Crippen MR) is 116 cm³/mol. The van der Waals surface area contributed by atoms with E-state index in [1.54, 1.807) is 12.1 Å². The highest BCUT2D eigenvalue weighted by Gasteiger charge is 2.30. The molecule has 3 aromatic rings. The second-order valence-corrected chi connectivity index (χ2v) is 8.08. The van der Waals surface area contributed by atoms with E-state index in [9.17, 15) is 13.6 Å². The van der Waals surface area contributed by atoms with E-state index in [-0.39, 0.29) is 17.6 Å². The molecule has 1 atom stereocenters. The highest BCUT2D eigenvalue weighted by Crippen LogP contribution is 2.32. The highest BCUT2D eigenvalue weighted by atomic mass is 19.1. The normalized spacial score (nSPS) is 15.8. The average molecular weight is 427 g/mol. The molecule has 7 heteroatoms. The van der Waals surface area contributed by atoms with Crippen molar-refractivity contribution in [1.29, 1.82) is 0 Å². The summed E-state index contributed by atoms with van der Waals surface area (Å²) in [5.74, 6) is -1.14. The van der Waals surface area contributed by atoms with E-state index in [1.807, 2.05) is 6.20 Å². The summed E-state index contributed by atoms with van der Waals surface area (Å²) in [6.07, 6.45) is 5.13. The van der Waals surface area contributed by atoms with Gasteiger partial charge in [0.15, 0.2) is 11.6 Å². The molecule has 0 radical (unpaired) electrons. The minimum Gasteiger partial charge on any atom is -0.489 e. The Morgan fingerprint density at radius 3 is 2.87 bits per heavy atom. The van der Waals surface area contributed by atoms with Gasteiger partial charge >= 0.3 is 0 Å². The number of aromatic amines is 1. The molecular weight excluding hydrogens is 400 g/mol. The fourth-order valence-corrected chi connectivity index (χ4v) is 4.49. The Morgan fingerprint density at radius 2 is 2.10 bits per heavy atom. The fraction of sp³-hybridized carbons (Fsp3) is 0.375. The van der Waals surface area contributed by atoms with Crippen molar-refractivity contribution in [3.05, 3.63) is 64.9 Å². The molecule has 2 aromatic carbocycles. The topological polar surface area (TPSA) is 71.3 Å². The van der Waals surface area contributed by atoms with Crippen molar-refractivity contribution in [1.82, 2.24) is 9.88 Å². The van der Waals surface area contributed by atoms with Crippen LogP contribution < -0.4 is 10.5 Å². The van der Waals surface area contributed by atoms with Crippen LogP contribution in [-0.2, 0) is 12.8 Å². The first-order valence-corrected chi connectivity index (χ1v) is 10.7. The summed E-state index contributed by atoms with van der Waals surface area (Å²) < 4.78 is 33.6. The van der Waals surface area contributed by atoms with E-state index in [2.05, 4.69) is 16.8 Å². The van der Waals surface area contributed by atoms with Gasteiger partial charge in [0.25, 0.3) is 0 Å². The van der Waals surface area contributed by atoms with E-state index >= 15 is 0 Å². The van der Waals surface area contributed by atoms with Gasteiger partial charge in [0.2, 0.25) is 5.91 Å². The lowest BCUT2D eigenvalue weighted by Gasteiger charge is -2.35. The molecule has 0 spiro atoms. The zero-order valence-electron chi connectivity index (χ0n) is 17.6. The van der Waals surface area contributed by atoms with Crippen molar-refractivity contribution in [3.63, 3.8) is 0 Å². The van der Waals surface area contributed by atoms with Crippen LogP contribution in [0.5, 0.6) is 5.75 Å². The number of fused-ring (bicyclic) bond motifs is 2. The monoisotopic (exact) mass is 427 g/mol. The number of benzene rings is 2. The van der Waals surface area contributed by atoms with Gasteiger partial charge in [0.05, 0.1) is 0 Å². The fourth-order valence-electron chi connectivity index (χ4n) is 4.49. The van der Waals surface area contributed by atoms with Crippen molar-refractivity contribution in [3.8, 4) is 5.75 Å². The van der Waals surface area contributed by atoms with E-state index in [1.165, 1.54) is 18.2 Å². The lowest BCUT2D eigenvalue weighted by molar-refractivity contribution is 0.0984. The first-order chi connectivity index (χ1) is 15.0. The van der Waals surface area contributed by atoms with E-state index in [0.717, 1.165) is 48.8 Å². The summed E-state index contributed by atoms with van der Waals surface area (Å²) in [6.45, 7) is 4.17. The van der Waals surface area contributed by atoms with Gasteiger partial charge < -0.3 is 15.5 Å². The Bertz CT molecular complexity index is 1100. The second-order valence-electron chi connectivity index (χ2n) is 8.08. The van der Waals surface area contributed by atoms with Gasteiger partial charge in [-0.25, -0.2) is 8.78 Å². The molecular formula is C24H27F2N3O2. The van der Waals surface area contributed by atoms with Crippen LogP contribution in [0.3, 0.4) is 0 Å². The summed E-state index contributed by atoms with van der Waals surface area (Å²) in [5.41, 5.74) is 8.39. The lowest BCUT2D eigenvalue weighted by atomic mass is 9.95. The number of hydrogen-bond donors (Lipinski definition) is 2. The Hall–Kier alpha value is -2.93. The maximum Gasteiger partial charge on any atom is 0.249 e. The van der Waals surface area contributed by atoms with Crippen LogP contribution in [0.4, 0.5) is 8.78 Å². The summed E-state index contributed by atoms with van der Waals surface area (Å²) >= 11 is 0. The molecule has 31 heavy (non-hydrogen) atoms. The lowest BCUT2D eigenvalue weighted by Crippen LogP contribution is -2.44. The molecule has 4 rings (SSSR count). The standard InChI is InChI=1S/C24H27F2N3O2/c1-2-9-29(10-3-4-15-13-28-22-8-5-16(25)11-19(15)22)17-12-20-18(24(27)30)6-7-21(26)23(20)31-14-17/h5-8,11,13,17,28H,2-4,9-10,12,14H2,1H3,(H2,27,30)/t17-/m1/s1. The molecule has 0 aliphatic carbocycles. The molecule has 0 bridgehead atoms. The molecule has 1 aliphatic heterocycles. The number of H-pyrrole nitrogens is 1. The van der Waals surface area contributed by atoms with Crippen LogP contribution in [0.1, 0.15) is 41.3 Å². The number of rotatable bonds is 8. The van der Waals surface area contributed by atoms with Crippen molar-refractivity contribution in [2.75, 3.05) is 19.7 Å². The smallest absolute Gasteiger partial charge is 0.249 e. The van der Waals surface area contributed by atoms with Crippen LogP contribution in [-0.4, -0.2) is 41.5 Å². The van der Waals surface area contributed by atoms with Crippen LogP contribution in [0.2, 0.25) is 0 Å². The van der Waals surface area contributed by atoms with E-state index < -0.39 is 11.7 Å². The molecule has 1 aliphatic rings. The largest absolute Gasteiger partial charge is 0.489 e. The number of halogens is 2. The zero-order valence-corrected chi connectivity index (χ0v) is 17.6. The number of carbonyl (C=O) groups excluding carboxylic acids is 1. The Labute approximate surface area is 180 Å². The third-order valence-corrected chi connectivity index (χ3v) is 5.99. The van der Waals surface area contributed by atoms with Gasteiger partial charge in [-0.3, -0.25) is 9.69 Å². The number of primary amides is 1. The molecule has 3 N–H and O–H groups in total. The van der Waals surface area contributed by atoms with Gasteiger partial charge in [0, 0.05) is 34.3 Å². The van der Waals surface area contributed by atoms with Crippen LogP contribution in [0, 0.1) is 11.6 Å². The molecule has 1 amide bonds. The number of aryl methyl sites for hydroxylation is 1. The Kier molecular flexibility index (Phi) is 6.23. The third-order valence-electron chi connectivity index (χ3n) is 5.99. The molecule has 0 saturated carbocycles. The van der Waals surface area contributed by atoms with Crippen molar-refractivity contribution in [2.24, 2.45) is 5.73 Å². The Morgan fingerprint density at radius 1 is 1.26 bits per heavy atom. The number of aromatic nitrogens is 1. The summed E-state index contributed by atoms with van der Waals surface area (Å²) in [7, 11) is 0. The quantitative estimate of drug-likeness (QED) is 0.566. The minimum absolute atomic E-state index is 0.0350. The van der Waals surface area contributed by atoms with Crippen molar-refractivity contribution >= 4 is 16.8 Å². The number of amides is 1. The maximum atomic E-state index is 14.2. The molecule has 0 unspecified atom stereocenters. The SMILES string of the molecule is CCCN(CCCc1c[nH]c2ccc(F)cc12)[C@H]1COc2c(F)ccc(C(N)=O)c2C1. The van der Waals surface area contributed by atoms with E-state index in [0.29, 0.717) is 24.2 Å². The number of nitrogens with one attached hydrogen (secondary N) is 1. The highest BCUT2D eigenvalue weighted by molar-refractivity contribution is 5.95.